The maximum Gasteiger partial charge on any atom is 0.216 e. The van der Waals surface area contributed by atoms with E-state index < -0.39 is 0 Å². The van der Waals surface area contributed by atoms with Crippen LogP contribution in [0.2, 0.25) is 0 Å². The van der Waals surface area contributed by atoms with E-state index in [1.165, 1.54) is 36.8 Å². The first-order valence-electron chi connectivity index (χ1n) is 5.43. The van der Waals surface area contributed by atoms with Crippen LogP contribution in [0, 0.1) is 0 Å². The van der Waals surface area contributed by atoms with Crippen molar-refractivity contribution < 1.29 is 4.74 Å². The number of rotatable bonds is 1. The minimum absolute atomic E-state index is 0.721. The molecule has 0 radical (unpaired) electrons. The molecule has 14 heavy (non-hydrogen) atoms. The summed E-state index contributed by atoms with van der Waals surface area (Å²) in [6, 6.07) is 2.19. The highest BCUT2D eigenvalue weighted by atomic mass is 16.5. The zero-order valence-corrected chi connectivity index (χ0v) is 8.49. The summed E-state index contributed by atoms with van der Waals surface area (Å²) in [7, 11) is 1.73. The molecule has 0 spiro atoms. The Labute approximate surface area is 84.3 Å². The van der Waals surface area contributed by atoms with E-state index in [-0.39, 0.29) is 0 Å². The smallest absolute Gasteiger partial charge is 0.216 e. The Hall–Kier alpha value is -1.05. The number of nitrogens with zero attached hydrogens (tertiary/aromatic N) is 1. The Bertz CT molecular complexity index is 353. The number of aromatic nitrogens is 1. The fourth-order valence-electron chi connectivity index (χ4n) is 3.09. The Morgan fingerprint density at radius 1 is 1.21 bits per heavy atom. The van der Waals surface area contributed by atoms with Crippen molar-refractivity contribution in [3.05, 3.63) is 23.4 Å². The summed E-state index contributed by atoms with van der Waals surface area (Å²) in [6.45, 7) is 0. The second-order valence-electron chi connectivity index (χ2n) is 4.37. The molecule has 1 saturated carbocycles. The van der Waals surface area contributed by atoms with Crippen LogP contribution in [0.25, 0.3) is 0 Å². The van der Waals surface area contributed by atoms with Crippen LogP contribution in [0.3, 0.4) is 0 Å². The monoisotopic (exact) mass is 189 g/mol. The summed E-state index contributed by atoms with van der Waals surface area (Å²) in [4.78, 5) is 4.31. The van der Waals surface area contributed by atoms with Crippen LogP contribution in [0.4, 0.5) is 0 Å². The average Bonchev–Trinajstić information content (AvgIpc) is 2.30. The minimum atomic E-state index is 0.721. The highest BCUT2D eigenvalue weighted by Gasteiger charge is 2.35. The first-order valence-corrected chi connectivity index (χ1v) is 5.43. The van der Waals surface area contributed by atoms with E-state index >= 15 is 0 Å². The van der Waals surface area contributed by atoms with Crippen molar-refractivity contribution >= 4 is 0 Å². The molecule has 0 unspecified atom stereocenters. The van der Waals surface area contributed by atoms with Gasteiger partial charge in [0.25, 0.3) is 0 Å². The Morgan fingerprint density at radius 3 is 2.64 bits per heavy atom. The molecule has 0 atom stereocenters. The van der Waals surface area contributed by atoms with Gasteiger partial charge >= 0.3 is 0 Å². The molecule has 74 valence electrons. The summed E-state index contributed by atoms with van der Waals surface area (Å²) >= 11 is 0. The van der Waals surface area contributed by atoms with Crippen LogP contribution in [-0.4, -0.2) is 12.1 Å². The maximum absolute atomic E-state index is 5.35. The van der Waals surface area contributed by atoms with Crippen molar-refractivity contribution in [2.75, 3.05) is 7.11 Å². The molecule has 0 aliphatic heterocycles. The molecule has 1 heterocycles. The predicted octanol–water partition coefficient (Wildman–Crippen LogP) is 2.85. The number of methoxy groups -OCH3 is 1. The summed E-state index contributed by atoms with van der Waals surface area (Å²) in [6.07, 6.45) is 7.29. The van der Waals surface area contributed by atoms with Gasteiger partial charge in [-0.2, -0.15) is 0 Å². The lowest BCUT2D eigenvalue weighted by Crippen LogP contribution is -2.22. The zero-order chi connectivity index (χ0) is 9.54. The second-order valence-corrected chi connectivity index (χ2v) is 4.37. The molecule has 3 aliphatic rings. The van der Waals surface area contributed by atoms with Crippen molar-refractivity contribution in [3.8, 4) is 5.88 Å². The summed E-state index contributed by atoms with van der Waals surface area (Å²) in [5.41, 5.74) is 2.93. The van der Waals surface area contributed by atoms with Gasteiger partial charge in [-0.25, -0.2) is 4.98 Å². The van der Waals surface area contributed by atoms with E-state index in [1.807, 2.05) is 6.20 Å². The Morgan fingerprint density at radius 2 is 1.93 bits per heavy atom. The fraction of sp³-hybridized carbons (Fsp3) is 0.583. The van der Waals surface area contributed by atoms with Gasteiger partial charge in [0.1, 0.15) is 0 Å². The van der Waals surface area contributed by atoms with Gasteiger partial charge in [0.05, 0.1) is 7.11 Å². The van der Waals surface area contributed by atoms with Crippen LogP contribution >= 0.6 is 0 Å². The Kier molecular flexibility index (Phi) is 1.76. The summed E-state index contributed by atoms with van der Waals surface area (Å²) < 4.78 is 5.35. The number of fused-ring (bicyclic) bond motifs is 2. The van der Waals surface area contributed by atoms with Gasteiger partial charge in [-0.15, -0.1) is 0 Å². The first-order chi connectivity index (χ1) is 6.90. The molecule has 2 bridgehead atoms. The molecular formula is C12H15NO. The van der Waals surface area contributed by atoms with Crippen LogP contribution in [0.15, 0.2) is 12.3 Å². The molecule has 0 amide bonds. The number of pyridine rings is 1. The maximum atomic E-state index is 5.35. The van der Waals surface area contributed by atoms with E-state index in [0.717, 1.165) is 17.7 Å². The lowest BCUT2D eigenvalue weighted by Gasteiger charge is -2.38. The van der Waals surface area contributed by atoms with Crippen molar-refractivity contribution in [2.45, 2.75) is 37.5 Å². The normalized spacial score (nSPS) is 28.6. The van der Waals surface area contributed by atoms with E-state index in [9.17, 15) is 0 Å². The molecule has 4 rings (SSSR count). The third-order valence-corrected chi connectivity index (χ3v) is 3.76. The van der Waals surface area contributed by atoms with Crippen LogP contribution in [0.5, 0.6) is 5.88 Å². The molecule has 1 fully saturated rings. The first kappa shape index (κ1) is 8.27. The SMILES string of the molecule is COc1nccc2c1C1CCC2CC1. The molecule has 1 aromatic heterocycles. The average molecular weight is 189 g/mol. The second kappa shape index (κ2) is 2.97. The van der Waals surface area contributed by atoms with Crippen LogP contribution in [0.1, 0.15) is 48.6 Å². The zero-order valence-electron chi connectivity index (χ0n) is 8.49. The van der Waals surface area contributed by atoms with Crippen molar-refractivity contribution in [1.82, 2.24) is 4.98 Å². The highest BCUT2D eigenvalue weighted by Crippen LogP contribution is 2.51. The standard InChI is InChI=1S/C12H15NO/c1-14-12-11-9-4-2-8(3-5-9)10(11)6-7-13-12/h6-9H,2-5H2,1H3. The van der Waals surface area contributed by atoms with Gasteiger partial charge in [0.2, 0.25) is 5.88 Å². The van der Waals surface area contributed by atoms with E-state index in [4.69, 9.17) is 4.74 Å². The highest BCUT2D eigenvalue weighted by molar-refractivity contribution is 5.43. The molecule has 1 aromatic rings. The number of hydrogen-bond donors (Lipinski definition) is 0. The van der Waals surface area contributed by atoms with Gasteiger partial charge in [0.15, 0.2) is 0 Å². The third-order valence-electron chi connectivity index (χ3n) is 3.76. The van der Waals surface area contributed by atoms with Gasteiger partial charge < -0.3 is 4.74 Å². The van der Waals surface area contributed by atoms with Gasteiger partial charge in [-0.1, -0.05) is 0 Å². The van der Waals surface area contributed by atoms with Gasteiger partial charge in [-0.05, 0) is 49.1 Å². The molecule has 0 N–H and O–H groups in total. The minimum Gasteiger partial charge on any atom is -0.481 e. The summed E-state index contributed by atoms with van der Waals surface area (Å²) in [5, 5.41) is 0. The lowest BCUT2D eigenvalue weighted by molar-refractivity contribution is 0.328. The Balaban J connectivity index is 2.18. The molecule has 2 heteroatoms. The van der Waals surface area contributed by atoms with E-state index in [1.54, 1.807) is 7.11 Å². The van der Waals surface area contributed by atoms with E-state index in [2.05, 4.69) is 11.1 Å². The van der Waals surface area contributed by atoms with Gasteiger partial charge in [-0.3, -0.25) is 0 Å². The van der Waals surface area contributed by atoms with Crippen molar-refractivity contribution in [3.63, 3.8) is 0 Å². The van der Waals surface area contributed by atoms with Crippen molar-refractivity contribution in [1.29, 1.82) is 0 Å². The lowest BCUT2D eigenvalue weighted by atomic mass is 9.67. The third kappa shape index (κ3) is 0.999. The molecule has 0 saturated heterocycles. The largest absolute Gasteiger partial charge is 0.481 e. The van der Waals surface area contributed by atoms with E-state index in [0.29, 0.717) is 0 Å². The van der Waals surface area contributed by atoms with Crippen LogP contribution in [-0.2, 0) is 0 Å². The van der Waals surface area contributed by atoms with Crippen LogP contribution < -0.4 is 4.74 Å². The summed E-state index contributed by atoms with van der Waals surface area (Å²) in [5.74, 6) is 2.38. The van der Waals surface area contributed by atoms with Crippen molar-refractivity contribution in [2.24, 2.45) is 0 Å². The molecule has 2 nitrogen and oxygen atoms in total. The topological polar surface area (TPSA) is 22.1 Å². The molecule has 0 aromatic carbocycles. The fourth-order valence-corrected chi connectivity index (χ4v) is 3.09. The molecular weight excluding hydrogens is 174 g/mol. The van der Waals surface area contributed by atoms with Gasteiger partial charge in [0, 0.05) is 11.8 Å². The quantitative estimate of drug-likeness (QED) is 0.677. The number of hydrogen-bond acceptors (Lipinski definition) is 2. The number of ether oxygens (including phenoxy) is 1. The predicted molar refractivity (Wildman–Crippen MR) is 54.7 cm³/mol. The molecule has 3 aliphatic carbocycles.